The summed E-state index contributed by atoms with van der Waals surface area (Å²) in [4.78, 5) is 7.57. The Bertz CT molecular complexity index is 515. The molecule has 2 nitrogen and oxygen atoms in total. The molecule has 0 aliphatic carbocycles. The fourth-order valence-electron chi connectivity index (χ4n) is 1.17. The van der Waals surface area contributed by atoms with E-state index in [-0.39, 0.29) is 0 Å². The van der Waals surface area contributed by atoms with Gasteiger partial charge in [-0.1, -0.05) is 0 Å². The number of hydrogen-bond donors (Lipinski definition) is 0. The number of carbonyl (C=O) groups excluding carboxylic acids is 1. The molecule has 0 amide bonds. The van der Waals surface area contributed by atoms with Crippen molar-refractivity contribution in [1.82, 2.24) is 0 Å². The summed E-state index contributed by atoms with van der Waals surface area (Å²) in [6.45, 7) is 0. The van der Waals surface area contributed by atoms with Crippen molar-refractivity contribution in [2.75, 3.05) is 0 Å². The van der Waals surface area contributed by atoms with E-state index in [4.69, 9.17) is 0 Å². The van der Waals surface area contributed by atoms with Crippen LogP contribution in [0.3, 0.4) is 0 Å². The number of hydrogen-bond acceptors (Lipinski definition) is 7. The maximum Gasteiger partial charge on any atom is 0.356 e. The largest absolute Gasteiger partial charge is 0.356 e. The van der Waals surface area contributed by atoms with E-state index in [1.165, 1.54) is 0 Å². The number of carbonyl (C=O) groups is 1. The van der Waals surface area contributed by atoms with Gasteiger partial charge in [-0.2, -0.15) is 15.5 Å². The van der Waals surface area contributed by atoms with Crippen LogP contribution < -0.4 is 0 Å². The second-order valence-corrected chi connectivity index (χ2v) is 5.29. The zero-order valence-corrected chi connectivity index (χ0v) is 12.7. The molecule has 0 spiro atoms. The Hall–Kier alpha value is 0.0200. The lowest BCUT2D eigenvalue weighted by molar-refractivity contribution is 0.0752. The van der Waals surface area contributed by atoms with Crippen LogP contribution in [0.4, 0.5) is 23.8 Å². The molecule has 1 aromatic rings. The summed E-state index contributed by atoms with van der Waals surface area (Å²) in [5, 5.41) is 0. The highest BCUT2D eigenvalue weighted by atomic mass is 32.2. The standard InChI is InChI=1S/C7F6O2S5/c8-2-1(7(14)15-20-13)3(16-9)5(18-11)6(19-12)4(2)17-10. The molecule has 1 rings (SSSR count). The summed E-state index contributed by atoms with van der Waals surface area (Å²) in [6.07, 6.45) is 0. The van der Waals surface area contributed by atoms with Crippen LogP contribution in [0.25, 0.3) is 0 Å². The fourth-order valence-corrected chi connectivity index (χ4v) is 3.44. The second kappa shape index (κ2) is 8.46. The van der Waals surface area contributed by atoms with Gasteiger partial charge in [0.15, 0.2) is 5.82 Å². The van der Waals surface area contributed by atoms with Crippen molar-refractivity contribution in [3.63, 3.8) is 0 Å². The first kappa shape index (κ1) is 18.1. The summed E-state index contributed by atoms with van der Waals surface area (Å²) in [7, 11) is 0. The van der Waals surface area contributed by atoms with E-state index < -0.39 is 98.0 Å². The van der Waals surface area contributed by atoms with Crippen LogP contribution >= 0.6 is 61.0 Å². The normalized spacial score (nSPS) is 10.7. The molecular weight excluding hydrogens is 390 g/mol. The molecule has 13 heteroatoms. The SMILES string of the molecule is O=C(OSF)c1c(F)c(SF)c(SF)c(SF)c1SF. The van der Waals surface area contributed by atoms with Crippen LogP contribution in [0, 0.1) is 5.82 Å². The Morgan fingerprint density at radius 3 is 1.65 bits per heavy atom. The minimum Gasteiger partial charge on any atom is -0.356 e. The molecule has 0 atom stereocenters. The molecular formula is C7F6O2S5. The van der Waals surface area contributed by atoms with Crippen LogP contribution in [0.15, 0.2) is 19.6 Å². The fraction of sp³-hybridized carbons (Fsp3) is 0. The van der Waals surface area contributed by atoms with E-state index >= 15 is 0 Å². The van der Waals surface area contributed by atoms with Crippen LogP contribution in [-0.4, -0.2) is 5.97 Å². The molecule has 0 unspecified atom stereocenters. The minimum atomic E-state index is -1.70. The van der Waals surface area contributed by atoms with Gasteiger partial charge in [0.25, 0.3) is 12.4 Å². The molecule has 0 aliphatic rings. The molecule has 0 saturated heterocycles. The highest BCUT2D eigenvalue weighted by molar-refractivity contribution is 8.00. The summed E-state index contributed by atoms with van der Waals surface area (Å²) in [5.41, 5.74) is -1.22. The molecule has 0 fully saturated rings. The first-order chi connectivity index (χ1) is 9.56. The van der Waals surface area contributed by atoms with E-state index in [0.717, 1.165) is 0 Å². The van der Waals surface area contributed by atoms with Gasteiger partial charge >= 0.3 is 5.97 Å². The van der Waals surface area contributed by atoms with Crippen molar-refractivity contribution < 1.29 is 32.8 Å². The van der Waals surface area contributed by atoms with Gasteiger partial charge in [-0.3, -0.25) is 0 Å². The maximum absolute atomic E-state index is 13.9. The Morgan fingerprint density at radius 2 is 1.25 bits per heavy atom. The molecule has 0 radical (unpaired) electrons. The van der Waals surface area contributed by atoms with E-state index in [1.54, 1.807) is 0 Å². The van der Waals surface area contributed by atoms with Gasteiger partial charge < -0.3 is 4.18 Å². The molecule has 20 heavy (non-hydrogen) atoms. The Morgan fingerprint density at radius 1 is 0.800 bits per heavy atom. The number of benzene rings is 1. The Labute approximate surface area is 130 Å². The lowest BCUT2D eigenvalue weighted by Gasteiger charge is -2.13. The van der Waals surface area contributed by atoms with Crippen molar-refractivity contribution >= 4 is 67.0 Å². The van der Waals surface area contributed by atoms with Gasteiger partial charge in [0.1, 0.15) is 5.56 Å². The second-order valence-electron chi connectivity index (χ2n) is 2.75. The third-order valence-corrected chi connectivity index (χ3v) is 4.71. The average molecular weight is 390 g/mol. The Balaban J connectivity index is 3.69. The highest BCUT2D eigenvalue weighted by Gasteiger charge is 2.32. The molecule has 0 bridgehead atoms. The number of rotatable bonds is 6. The monoisotopic (exact) mass is 390 g/mol. The van der Waals surface area contributed by atoms with Crippen LogP contribution in [0.1, 0.15) is 10.4 Å². The van der Waals surface area contributed by atoms with Crippen molar-refractivity contribution in [3.05, 3.63) is 11.4 Å². The molecule has 0 N–H and O–H groups in total. The molecule has 112 valence electrons. The summed E-state index contributed by atoms with van der Waals surface area (Å²) >= 11 is -3.99. The first-order valence-electron chi connectivity index (χ1n) is 4.10. The third-order valence-electron chi connectivity index (χ3n) is 1.88. The third kappa shape index (κ3) is 3.43. The predicted molar refractivity (Wildman–Crippen MR) is 68.4 cm³/mol. The Kier molecular flexibility index (Phi) is 7.64. The van der Waals surface area contributed by atoms with Crippen LogP contribution in [0.5, 0.6) is 0 Å². The summed E-state index contributed by atoms with van der Waals surface area (Å²) in [6, 6.07) is 0. The molecule has 0 saturated carbocycles. The van der Waals surface area contributed by atoms with Crippen molar-refractivity contribution in [3.8, 4) is 0 Å². The van der Waals surface area contributed by atoms with E-state index in [2.05, 4.69) is 4.18 Å². The van der Waals surface area contributed by atoms with Gasteiger partial charge in [0.2, 0.25) is 0 Å². The average Bonchev–Trinajstić information content (AvgIpc) is 2.45. The van der Waals surface area contributed by atoms with Crippen molar-refractivity contribution in [2.24, 2.45) is 0 Å². The lowest BCUT2D eigenvalue weighted by atomic mass is 10.2. The summed E-state index contributed by atoms with van der Waals surface area (Å²) in [5.74, 6) is -3.37. The van der Waals surface area contributed by atoms with Crippen LogP contribution in [-0.2, 0) is 4.18 Å². The van der Waals surface area contributed by atoms with Gasteiger partial charge in [-0.25, -0.2) is 9.18 Å². The van der Waals surface area contributed by atoms with Gasteiger partial charge in [-0.05, 0) is 0 Å². The van der Waals surface area contributed by atoms with E-state index in [9.17, 15) is 28.6 Å². The quantitative estimate of drug-likeness (QED) is 0.408. The van der Waals surface area contributed by atoms with Crippen molar-refractivity contribution in [2.45, 2.75) is 19.6 Å². The topological polar surface area (TPSA) is 26.3 Å². The zero-order valence-electron chi connectivity index (χ0n) is 8.63. The first-order valence-corrected chi connectivity index (χ1v) is 7.61. The van der Waals surface area contributed by atoms with Gasteiger partial charge in [-0.15, -0.1) is 3.89 Å². The number of halogens is 6. The predicted octanol–water partition coefficient (Wildman–Crippen LogP) is 6.42. The molecule has 0 aromatic heterocycles. The molecule has 1 aromatic carbocycles. The molecule has 0 aliphatic heterocycles. The highest BCUT2D eigenvalue weighted by Crippen LogP contribution is 2.49. The van der Waals surface area contributed by atoms with E-state index in [1.807, 2.05) is 0 Å². The van der Waals surface area contributed by atoms with Gasteiger partial charge in [0, 0.05) is 0 Å². The van der Waals surface area contributed by atoms with E-state index in [0.29, 0.717) is 0 Å². The minimum absolute atomic E-state index is 0.718. The zero-order chi connectivity index (χ0) is 15.3. The summed E-state index contributed by atoms with van der Waals surface area (Å²) < 4.78 is 80.3. The molecule has 0 heterocycles. The smallest absolute Gasteiger partial charge is 0.356 e. The van der Waals surface area contributed by atoms with Crippen LogP contribution in [0.2, 0.25) is 0 Å². The maximum atomic E-state index is 13.9. The van der Waals surface area contributed by atoms with Gasteiger partial charge in [0.05, 0.1) is 68.2 Å². The van der Waals surface area contributed by atoms with Crippen molar-refractivity contribution in [1.29, 1.82) is 0 Å². The lowest BCUT2D eigenvalue weighted by Crippen LogP contribution is -2.08.